The van der Waals surface area contributed by atoms with Gasteiger partial charge in [-0.3, -0.25) is 0 Å². The lowest BCUT2D eigenvalue weighted by molar-refractivity contribution is 0.0692. The summed E-state index contributed by atoms with van der Waals surface area (Å²) < 4.78 is 14.5. The minimum atomic E-state index is -1.25. The molecule has 76 valence electrons. The summed E-state index contributed by atoms with van der Waals surface area (Å²) in [5.41, 5.74) is -0.301. The molecule has 4 heteroatoms. The third-order valence-electron chi connectivity index (χ3n) is 2.15. The lowest BCUT2D eigenvalue weighted by atomic mass is 10.1. The molecule has 2 aromatic carbocycles. The zero-order chi connectivity index (χ0) is 11.0. The molecule has 0 heterocycles. The Morgan fingerprint density at radius 3 is 2.67 bits per heavy atom. The third kappa shape index (κ3) is 1.72. The first-order valence-electron chi connectivity index (χ1n) is 4.20. The first-order chi connectivity index (χ1) is 7.09. The SMILES string of the molecule is O=C(O)c1ccc2cc(Br)ccc2c1F. The van der Waals surface area contributed by atoms with Crippen LogP contribution in [0.2, 0.25) is 0 Å². The molecule has 0 amide bonds. The summed E-state index contributed by atoms with van der Waals surface area (Å²) in [6.45, 7) is 0. The molecule has 2 nitrogen and oxygen atoms in total. The number of hydrogen-bond acceptors (Lipinski definition) is 1. The molecule has 0 atom stereocenters. The third-order valence-corrected chi connectivity index (χ3v) is 2.64. The minimum Gasteiger partial charge on any atom is -0.478 e. The van der Waals surface area contributed by atoms with Crippen molar-refractivity contribution in [2.75, 3.05) is 0 Å². The summed E-state index contributed by atoms with van der Waals surface area (Å²) in [4.78, 5) is 10.7. The molecular weight excluding hydrogens is 263 g/mol. The number of carboxylic acid groups (broad SMARTS) is 1. The topological polar surface area (TPSA) is 37.3 Å². The van der Waals surface area contributed by atoms with E-state index in [0.29, 0.717) is 10.8 Å². The van der Waals surface area contributed by atoms with E-state index >= 15 is 0 Å². The van der Waals surface area contributed by atoms with Crippen molar-refractivity contribution < 1.29 is 14.3 Å². The summed E-state index contributed by atoms with van der Waals surface area (Å²) >= 11 is 3.27. The number of aromatic carboxylic acids is 1. The van der Waals surface area contributed by atoms with Crippen LogP contribution in [0.3, 0.4) is 0 Å². The number of fused-ring (bicyclic) bond motifs is 1. The second-order valence-corrected chi connectivity index (χ2v) is 4.01. The van der Waals surface area contributed by atoms with Crippen molar-refractivity contribution in [1.82, 2.24) is 0 Å². The monoisotopic (exact) mass is 268 g/mol. The van der Waals surface area contributed by atoms with Gasteiger partial charge in [-0.2, -0.15) is 0 Å². The molecule has 15 heavy (non-hydrogen) atoms. The first kappa shape index (κ1) is 10.1. The lowest BCUT2D eigenvalue weighted by Gasteiger charge is -2.03. The van der Waals surface area contributed by atoms with Crippen LogP contribution in [-0.4, -0.2) is 11.1 Å². The minimum absolute atomic E-state index is 0.301. The van der Waals surface area contributed by atoms with Crippen molar-refractivity contribution >= 4 is 32.7 Å². The molecule has 0 aromatic heterocycles. The van der Waals surface area contributed by atoms with Crippen LogP contribution < -0.4 is 0 Å². The van der Waals surface area contributed by atoms with E-state index in [4.69, 9.17) is 5.11 Å². The Kier molecular flexibility index (Phi) is 2.44. The molecule has 0 saturated heterocycles. The fourth-order valence-corrected chi connectivity index (χ4v) is 1.81. The molecule has 0 fully saturated rings. The highest BCUT2D eigenvalue weighted by Gasteiger charge is 2.12. The maximum Gasteiger partial charge on any atom is 0.338 e. The number of halogens is 2. The number of benzene rings is 2. The summed E-state index contributed by atoms with van der Waals surface area (Å²) in [7, 11) is 0. The molecule has 0 aliphatic heterocycles. The quantitative estimate of drug-likeness (QED) is 0.861. The van der Waals surface area contributed by atoms with Gasteiger partial charge in [0, 0.05) is 9.86 Å². The Bertz CT molecular complexity index is 552. The highest BCUT2D eigenvalue weighted by Crippen LogP contribution is 2.24. The Balaban J connectivity index is 2.80. The normalized spacial score (nSPS) is 10.5. The summed E-state index contributed by atoms with van der Waals surface area (Å²) in [6.07, 6.45) is 0. The van der Waals surface area contributed by atoms with Gasteiger partial charge in [-0.15, -0.1) is 0 Å². The van der Waals surface area contributed by atoms with Crippen LogP contribution in [0.4, 0.5) is 4.39 Å². The Morgan fingerprint density at radius 1 is 1.27 bits per heavy atom. The summed E-state index contributed by atoms with van der Waals surface area (Å²) in [5, 5.41) is 9.72. The van der Waals surface area contributed by atoms with Crippen molar-refractivity contribution in [3.05, 3.63) is 46.2 Å². The number of hydrogen-bond donors (Lipinski definition) is 1. The fourth-order valence-electron chi connectivity index (χ4n) is 1.43. The van der Waals surface area contributed by atoms with Gasteiger partial charge in [-0.1, -0.05) is 28.1 Å². The standard InChI is InChI=1S/C11H6BrFO2/c12-7-2-4-8-6(5-7)1-3-9(10(8)13)11(14)15/h1-5H,(H,14,15). The highest BCUT2D eigenvalue weighted by atomic mass is 79.9. The van der Waals surface area contributed by atoms with Crippen LogP contribution in [0, 0.1) is 5.82 Å². The van der Waals surface area contributed by atoms with E-state index in [-0.39, 0.29) is 5.56 Å². The largest absolute Gasteiger partial charge is 0.478 e. The second-order valence-electron chi connectivity index (χ2n) is 3.10. The van der Waals surface area contributed by atoms with Gasteiger partial charge in [0.25, 0.3) is 0 Å². The predicted molar refractivity (Wildman–Crippen MR) is 58.6 cm³/mol. The zero-order valence-corrected chi connectivity index (χ0v) is 9.08. The van der Waals surface area contributed by atoms with E-state index in [1.165, 1.54) is 6.07 Å². The molecule has 0 aliphatic carbocycles. The average molecular weight is 269 g/mol. The molecule has 2 rings (SSSR count). The Labute approximate surface area is 93.5 Å². The first-order valence-corrected chi connectivity index (χ1v) is 5.00. The molecule has 0 spiro atoms. The van der Waals surface area contributed by atoms with Gasteiger partial charge in [-0.25, -0.2) is 9.18 Å². The van der Waals surface area contributed by atoms with Crippen LogP contribution in [-0.2, 0) is 0 Å². The summed E-state index contributed by atoms with van der Waals surface area (Å²) in [6, 6.07) is 7.83. The van der Waals surface area contributed by atoms with Crippen molar-refractivity contribution in [2.45, 2.75) is 0 Å². The van der Waals surface area contributed by atoms with Crippen molar-refractivity contribution in [1.29, 1.82) is 0 Å². The van der Waals surface area contributed by atoms with Gasteiger partial charge < -0.3 is 5.11 Å². The average Bonchev–Trinajstić information content (AvgIpc) is 2.17. The van der Waals surface area contributed by atoms with E-state index in [1.807, 2.05) is 0 Å². The van der Waals surface area contributed by atoms with Crippen molar-refractivity contribution in [2.24, 2.45) is 0 Å². The van der Waals surface area contributed by atoms with Gasteiger partial charge in [0.05, 0.1) is 5.56 Å². The molecule has 0 bridgehead atoms. The number of carboxylic acids is 1. The molecule has 0 unspecified atom stereocenters. The van der Waals surface area contributed by atoms with E-state index in [2.05, 4.69) is 15.9 Å². The van der Waals surface area contributed by atoms with Crippen LogP contribution >= 0.6 is 15.9 Å². The highest BCUT2D eigenvalue weighted by molar-refractivity contribution is 9.10. The molecule has 0 radical (unpaired) electrons. The zero-order valence-electron chi connectivity index (χ0n) is 7.50. The van der Waals surface area contributed by atoms with Gasteiger partial charge in [0.1, 0.15) is 5.82 Å². The summed E-state index contributed by atoms with van der Waals surface area (Å²) in [5.74, 6) is -1.94. The maximum absolute atomic E-state index is 13.7. The van der Waals surface area contributed by atoms with Crippen molar-refractivity contribution in [3.8, 4) is 0 Å². The molecule has 0 saturated carbocycles. The maximum atomic E-state index is 13.7. The van der Waals surface area contributed by atoms with Crippen LogP contribution in [0.1, 0.15) is 10.4 Å². The lowest BCUT2D eigenvalue weighted by Crippen LogP contribution is -2.00. The second kappa shape index (κ2) is 3.62. The van der Waals surface area contributed by atoms with E-state index in [0.717, 1.165) is 4.47 Å². The van der Waals surface area contributed by atoms with Crippen molar-refractivity contribution in [3.63, 3.8) is 0 Å². The van der Waals surface area contributed by atoms with Gasteiger partial charge >= 0.3 is 5.97 Å². The van der Waals surface area contributed by atoms with E-state index < -0.39 is 11.8 Å². The molecule has 0 aliphatic rings. The van der Waals surface area contributed by atoms with E-state index in [1.54, 1.807) is 24.3 Å². The molecular formula is C11H6BrFO2. The fraction of sp³-hybridized carbons (Fsp3) is 0. The Morgan fingerprint density at radius 2 is 2.00 bits per heavy atom. The Hall–Kier alpha value is -1.42. The van der Waals surface area contributed by atoms with Gasteiger partial charge in [-0.05, 0) is 23.6 Å². The smallest absolute Gasteiger partial charge is 0.338 e. The number of carbonyl (C=O) groups is 1. The van der Waals surface area contributed by atoms with Gasteiger partial charge in [0.2, 0.25) is 0 Å². The number of rotatable bonds is 1. The van der Waals surface area contributed by atoms with Gasteiger partial charge in [0.15, 0.2) is 0 Å². The van der Waals surface area contributed by atoms with Crippen LogP contribution in [0.25, 0.3) is 10.8 Å². The van der Waals surface area contributed by atoms with Crippen LogP contribution in [0.15, 0.2) is 34.8 Å². The van der Waals surface area contributed by atoms with E-state index in [9.17, 15) is 9.18 Å². The predicted octanol–water partition coefficient (Wildman–Crippen LogP) is 3.44. The molecule has 1 N–H and O–H groups in total. The molecule has 2 aromatic rings. The van der Waals surface area contributed by atoms with Crippen LogP contribution in [0.5, 0.6) is 0 Å².